The van der Waals surface area contributed by atoms with Crippen LogP contribution in [0.5, 0.6) is 0 Å². The number of carbonyl (C=O) groups is 2. The third-order valence-electron chi connectivity index (χ3n) is 5.80. The Morgan fingerprint density at radius 1 is 1.39 bits per heavy atom. The van der Waals surface area contributed by atoms with Gasteiger partial charge in [0.1, 0.15) is 18.0 Å². The van der Waals surface area contributed by atoms with Crippen LogP contribution in [0.25, 0.3) is 0 Å². The van der Waals surface area contributed by atoms with E-state index in [4.69, 9.17) is 14.2 Å². The lowest BCUT2D eigenvalue weighted by molar-refractivity contribution is -0.193. The maximum absolute atomic E-state index is 11.8. The molecule has 2 heterocycles. The number of aliphatic hydroxyl groups excluding tert-OH is 2. The van der Waals surface area contributed by atoms with Crippen molar-refractivity contribution in [2.75, 3.05) is 6.61 Å². The second kappa shape index (κ2) is 8.45. The van der Waals surface area contributed by atoms with Crippen molar-refractivity contribution in [3.05, 3.63) is 24.3 Å². The minimum absolute atomic E-state index is 0.0802. The van der Waals surface area contributed by atoms with Crippen LogP contribution in [0.4, 0.5) is 0 Å². The molecule has 1 unspecified atom stereocenters. The molecule has 158 valence electrons. The van der Waals surface area contributed by atoms with Gasteiger partial charge in [0.15, 0.2) is 0 Å². The maximum atomic E-state index is 11.8. The normalized spacial score (nSPS) is 36.5. The average molecular weight is 396 g/mol. The van der Waals surface area contributed by atoms with E-state index in [0.29, 0.717) is 0 Å². The van der Waals surface area contributed by atoms with Crippen LogP contribution in [-0.2, 0) is 23.8 Å². The Morgan fingerprint density at radius 3 is 2.57 bits per heavy atom. The molecule has 0 aromatic carbocycles. The maximum Gasteiger partial charge on any atom is 0.302 e. The second-order valence-corrected chi connectivity index (χ2v) is 7.87. The van der Waals surface area contributed by atoms with Gasteiger partial charge < -0.3 is 24.4 Å². The topological polar surface area (TPSA) is 102 Å². The first-order valence-corrected chi connectivity index (χ1v) is 9.74. The predicted molar refractivity (Wildman–Crippen MR) is 102 cm³/mol. The summed E-state index contributed by atoms with van der Waals surface area (Å²) in [7, 11) is 0. The van der Waals surface area contributed by atoms with Gasteiger partial charge >= 0.3 is 5.97 Å². The molecule has 2 aliphatic rings. The number of hydrogen-bond donors (Lipinski definition) is 2. The summed E-state index contributed by atoms with van der Waals surface area (Å²) >= 11 is 0. The summed E-state index contributed by atoms with van der Waals surface area (Å²) in [6.45, 7) is 12.4. The zero-order valence-corrected chi connectivity index (χ0v) is 17.3. The van der Waals surface area contributed by atoms with E-state index in [1.165, 1.54) is 6.92 Å². The van der Waals surface area contributed by atoms with Crippen molar-refractivity contribution >= 4 is 11.8 Å². The molecule has 7 atom stereocenters. The summed E-state index contributed by atoms with van der Waals surface area (Å²) in [6.07, 6.45) is 1.30. The summed E-state index contributed by atoms with van der Waals surface area (Å²) < 4.78 is 17.6. The molecule has 0 spiro atoms. The van der Waals surface area contributed by atoms with Gasteiger partial charge in [0.2, 0.25) is 5.79 Å². The first kappa shape index (κ1) is 22.7. The SMILES string of the molecule is C=C(C(O)CC(=O)CC)[C@@]12O[C@H]([C@@H](C)/C=C\C)[C@@](C)(O1)[C@@H](O)[C@H]2COC(C)=O. The van der Waals surface area contributed by atoms with Crippen LogP contribution in [0, 0.1) is 11.8 Å². The molecule has 28 heavy (non-hydrogen) atoms. The molecule has 2 bridgehead atoms. The van der Waals surface area contributed by atoms with Crippen LogP contribution < -0.4 is 0 Å². The second-order valence-electron chi connectivity index (χ2n) is 7.87. The molecular weight excluding hydrogens is 364 g/mol. The fourth-order valence-electron chi connectivity index (χ4n) is 4.25. The third-order valence-corrected chi connectivity index (χ3v) is 5.80. The molecule has 2 N–H and O–H groups in total. The van der Waals surface area contributed by atoms with E-state index in [1.807, 2.05) is 26.0 Å². The van der Waals surface area contributed by atoms with Gasteiger partial charge in [0.05, 0.1) is 24.2 Å². The highest BCUT2D eigenvalue weighted by Crippen LogP contribution is 2.58. The number of ketones is 1. The van der Waals surface area contributed by atoms with Gasteiger partial charge in [-0.15, -0.1) is 0 Å². The summed E-state index contributed by atoms with van der Waals surface area (Å²) in [5.41, 5.74) is -0.925. The smallest absolute Gasteiger partial charge is 0.302 e. The molecule has 2 saturated heterocycles. The minimum Gasteiger partial charge on any atom is -0.465 e. The molecule has 0 aliphatic carbocycles. The number of fused-ring (bicyclic) bond motifs is 2. The lowest BCUT2D eigenvalue weighted by atomic mass is 9.75. The van der Waals surface area contributed by atoms with Crippen molar-refractivity contribution in [2.45, 2.75) is 77.2 Å². The summed E-state index contributed by atoms with van der Waals surface area (Å²) in [5.74, 6) is -3.02. The predicted octanol–water partition coefficient (Wildman–Crippen LogP) is 1.91. The molecule has 7 nitrogen and oxygen atoms in total. The lowest BCUT2D eigenvalue weighted by Crippen LogP contribution is -2.57. The number of allylic oxidation sites excluding steroid dienone is 1. The Kier molecular flexibility index (Phi) is 6.86. The van der Waals surface area contributed by atoms with Crippen molar-refractivity contribution in [1.29, 1.82) is 0 Å². The van der Waals surface area contributed by atoms with Crippen LogP contribution in [0.15, 0.2) is 24.3 Å². The fraction of sp³-hybridized carbons (Fsp3) is 0.714. The zero-order valence-electron chi connectivity index (χ0n) is 17.3. The van der Waals surface area contributed by atoms with E-state index in [-0.39, 0.29) is 36.7 Å². The van der Waals surface area contributed by atoms with Crippen molar-refractivity contribution in [1.82, 2.24) is 0 Å². The molecule has 0 radical (unpaired) electrons. The lowest BCUT2D eigenvalue weighted by Gasteiger charge is -2.42. The third kappa shape index (κ3) is 3.81. The van der Waals surface area contributed by atoms with E-state index in [2.05, 4.69) is 6.58 Å². The summed E-state index contributed by atoms with van der Waals surface area (Å²) in [6, 6.07) is 0. The highest BCUT2D eigenvalue weighted by Gasteiger charge is 2.73. The number of rotatable bonds is 9. The molecule has 0 saturated carbocycles. The Morgan fingerprint density at radius 2 is 2.04 bits per heavy atom. The quantitative estimate of drug-likeness (QED) is 0.453. The van der Waals surface area contributed by atoms with Gasteiger partial charge in [-0.05, 0) is 13.8 Å². The van der Waals surface area contributed by atoms with Gasteiger partial charge in [0, 0.05) is 31.3 Å². The fourth-order valence-corrected chi connectivity index (χ4v) is 4.25. The zero-order chi connectivity index (χ0) is 21.3. The molecule has 2 aliphatic heterocycles. The largest absolute Gasteiger partial charge is 0.465 e. The Bertz CT molecular complexity index is 657. The van der Waals surface area contributed by atoms with Crippen molar-refractivity contribution in [3.63, 3.8) is 0 Å². The molecule has 0 aromatic rings. The van der Waals surface area contributed by atoms with E-state index in [9.17, 15) is 19.8 Å². The highest BCUT2D eigenvalue weighted by atomic mass is 16.8. The van der Waals surface area contributed by atoms with Gasteiger partial charge in [-0.2, -0.15) is 0 Å². The highest BCUT2D eigenvalue weighted by molar-refractivity contribution is 5.79. The number of esters is 1. The van der Waals surface area contributed by atoms with Crippen molar-refractivity contribution in [2.24, 2.45) is 11.8 Å². The number of hydrogen-bond acceptors (Lipinski definition) is 7. The van der Waals surface area contributed by atoms with E-state index in [0.717, 1.165) is 0 Å². The number of Topliss-reactive ketones (excluding diaryl/α,β-unsaturated/α-hetero) is 1. The first-order valence-electron chi connectivity index (χ1n) is 9.74. The van der Waals surface area contributed by atoms with E-state index in [1.54, 1.807) is 13.8 Å². The van der Waals surface area contributed by atoms with Crippen LogP contribution in [0.3, 0.4) is 0 Å². The van der Waals surface area contributed by atoms with E-state index < -0.39 is 41.6 Å². The molecule has 0 amide bonds. The van der Waals surface area contributed by atoms with Crippen LogP contribution in [0.1, 0.15) is 47.5 Å². The van der Waals surface area contributed by atoms with Gasteiger partial charge in [-0.25, -0.2) is 0 Å². The van der Waals surface area contributed by atoms with Gasteiger partial charge in [-0.3, -0.25) is 9.59 Å². The van der Waals surface area contributed by atoms with Crippen molar-refractivity contribution in [3.8, 4) is 0 Å². The van der Waals surface area contributed by atoms with Crippen LogP contribution >= 0.6 is 0 Å². The molecule has 2 rings (SSSR count). The summed E-state index contributed by atoms with van der Waals surface area (Å²) in [5, 5.41) is 21.7. The standard InChI is InChI=1S/C21H32O7/c1-7-9-12(3)19-20(6)18(25)16(11-26-14(5)22)21(27-19,28-20)13(4)17(24)10-15(23)8-2/h7,9,12,16-19,24-25H,4,8,10-11H2,1-3,5-6H3/b9-7-/t12-,16+,17?,18-,19+,20-,21+/m0/s1. The average Bonchev–Trinajstić information content (AvgIpc) is 3.06. The number of carbonyl (C=O) groups excluding carboxylic acids is 2. The first-order chi connectivity index (χ1) is 13.0. The number of aliphatic hydroxyl groups is 2. The Labute approximate surface area is 166 Å². The Balaban J connectivity index is 2.40. The van der Waals surface area contributed by atoms with Crippen LogP contribution in [0.2, 0.25) is 0 Å². The van der Waals surface area contributed by atoms with Crippen LogP contribution in [-0.4, -0.2) is 58.3 Å². The minimum atomic E-state index is -1.54. The molecule has 7 heteroatoms. The van der Waals surface area contributed by atoms with Gasteiger partial charge in [-0.1, -0.05) is 32.6 Å². The van der Waals surface area contributed by atoms with E-state index >= 15 is 0 Å². The number of ether oxygens (including phenoxy) is 3. The molecular formula is C21H32O7. The molecule has 2 fully saturated rings. The Hall–Kier alpha value is -1.54. The molecule has 0 aromatic heterocycles. The van der Waals surface area contributed by atoms with Crippen molar-refractivity contribution < 1.29 is 34.0 Å². The summed E-state index contributed by atoms with van der Waals surface area (Å²) in [4.78, 5) is 23.1. The monoisotopic (exact) mass is 396 g/mol. The van der Waals surface area contributed by atoms with Gasteiger partial charge in [0.25, 0.3) is 0 Å².